The second kappa shape index (κ2) is 12.7. The number of hydrogen-bond donors (Lipinski definition) is 1. The minimum Gasteiger partial charge on any atom is -0.493 e. The summed E-state index contributed by atoms with van der Waals surface area (Å²) in [4.78, 5) is 39.4. The molecule has 1 saturated heterocycles. The fourth-order valence-electron chi connectivity index (χ4n) is 3.96. The van der Waals surface area contributed by atoms with Crippen LogP contribution in [0.2, 0.25) is 5.02 Å². The lowest BCUT2D eigenvalue weighted by Gasteiger charge is -2.16. The van der Waals surface area contributed by atoms with Gasteiger partial charge in [-0.25, -0.2) is 0 Å². The van der Waals surface area contributed by atoms with Gasteiger partial charge in [0.25, 0.3) is 11.1 Å². The van der Waals surface area contributed by atoms with Crippen LogP contribution >= 0.6 is 23.4 Å². The maximum absolute atomic E-state index is 13.0. The lowest BCUT2D eigenvalue weighted by molar-refractivity contribution is -0.127. The van der Waals surface area contributed by atoms with E-state index in [-0.39, 0.29) is 11.4 Å². The van der Waals surface area contributed by atoms with E-state index in [1.807, 2.05) is 37.3 Å². The minimum absolute atomic E-state index is 0.213. The standard InChI is InChI=1S/C30H27ClN2O5S/c1-4-7-22-14-21(15-25(37-3)28(22)38-18-20-10-12-23(31)13-11-20)16-26-29(35)33(30(36)39-26)17-27(34)32-24-9-6-5-8-19(24)2/h4-6,8-16H,1,7,17-18H2,2-3H3,(H,32,34)/b26-16-. The second-order valence-electron chi connectivity index (χ2n) is 8.75. The molecule has 1 fully saturated rings. The van der Waals surface area contributed by atoms with E-state index in [0.717, 1.165) is 33.4 Å². The van der Waals surface area contributed by atoms with Gasteiger partial charge < -0.3 is 14.8 Å². The van der Waals surface area contributed by atoms with Crippen molar-refractivity contribution in [2.45, 2.75) is 20.0 Å². The number of halogens is 1. The smallest absolute Gasteiger partial charge is 0.294 e. The van der Waals surface area contributed by atoms with Crippen LogP contribution < -0.4 is 14.8 Å². The van der Waals surface area contributed by atoms with Gasteiger partial charge in [0.15, 0.2) is 11.5 Å². The molecule has 39 heavy (non-hydrogen) atoms. The van der Waals surface area contributed by atoms with Gasteiger partial charge in [-0.2, -0.15) is 0 Å². The molecule has 0 bridgehead atoms. The Bertz CT molecular complexity index is 1450. The summed E-state index contributed by atoms with van der Waals surface area (Å²) >= 11 is 6.76. The van der Waals surface area contributed by atoms with Crippen molar-refractivity contribution in [3.05, 3.63) is 106 Å². The summed E-state index contributed by atoms with van der Waals surface area (Å²) in [7, 11) is 1.53. The summed E-state index contributed by atoms with van der Waals surface area (Å²) in [6.45, 7) is 5.63. The molecule has 7 nitrogen and oxygen atoms in total. The number of nitrogens with one attached hydrogen (secondary N) is 1. The molecule has 1 aliphatic rings. The third-order valence-corrected chi connectivity index (χ3v) is 7.09. The topological polar surface area (TPSA) is 84.9 Å². The highest BCUT2D eigenvalue weighted by molar-refractivity contribution is 8.18. The number of amides is 3. The molecule has 1 aliphatic heterocycles. The number of ether oxygens (including phenoxy) is 2. The summed E-state index contributed by atoms with van der Waals surface area (Å²) < 4.78 is 11.7. The molecule has 200 valence electrons. The van der Waals surface area contributed by atoms with Gasteiger partial charge in [0.05, 0.1) is 12.0 Å². The number of nitrogens with zero attached hydrogens (tertiary/aromatic N) is 1. The number of allylic oxidation sites excluding steroid dienone is 1. The number of para-hydroxylation sites is 1. The van der Waals surface area contributed by atoms with E-state index in [1.54, 1.807) is 42.5 Å². The van der Waals surface area contributed by atoms with Gasteiger partial charge in [-0.1, -0.05) is 48.0 Å². The average Bonchev–Trinajstić information content (AvgIpc) is 3.17. The molecule has 3 aromatic rings. The summed E-state index contributed by atoms with van der Waals surface area (Å²) in [6, 6.07) is 18.2. The van der Waals surface area contributed by atoms with Crippen molar-refractivity contribution < 1.29 is 23.9 Å². The van der Waals surface area contributed by atoms with E-state index in [1.165, 1.54) is 7.11 Å². The first-order valence-corrected chi connectivity index (χ1v) is 13.3. The molecule has 0 spiro atoms. The molecule has 1 N–H and O–H groups in total. The first-order valence-electron chi connectivity index (χ1n) is 12.1. The maximum Gasteiger partial charge on any atom is 0.294 e. The van der Waals surface area contributed by atoms with Crippen LogP contribution in [0.4, 0.5) is 10.5 Å². The van der Waals surface area contributed by atoms with Crippen LogP contribution in [0.1, 0.15) is 22.3 Å². The van der Waals surface area contributed by atoms with Crippen molar-refractivity contribution >= 4 is 52.2 Å². The molecule has 0 unspecified atom stereocenters. The summed E-state index contributed by atoms with van der Waals surface area (Å²) in [6.07, 6.45) is 3.85. The fourth-order valence-corrected chi connectivity index (χ4v) is 4.92. The zero-order chi connectivity index (χ0) is 27.9. The first-order chi connectivity index (χ1) is 18.8. The zero-order valence-corrected chi connectivity index (χ0v) is 23.1. The number of methoxy groups -OCH3 is 1. The largest absolute Gasteiger partial charge is 0.493 e. The molecule has 4 rings (SSSR count). The molecule has 3 aromatic carbocycles. The van der Waals surface area contributed by atoms with E-state index < -0.39 is 17.1 Å². The van der Waals surface area contributed by atoms with Gasteiger partial charge in [-0.05, 0) is 78.2 Å². The predicted octanol–water partition coefficient (Wildman–Crippen LogP) is 6.64. The van der Waals surface area contributed by atoms with Crippen LogP contribution in [0.3, 0.4) is 0 Å². The molecule has 9 heteroatoms. The Morgan fingerprint density at radius 2 is 1.87 bits per heavy atom. The van der Waals surface area contributed by atoms with E-state index in [2.05, 4.69) is 11.9 Å². The fraction of sp³-hybridized carbons (Fsp3) is 0.167. The van der Waals surface area contributed by atoms with Gasteiger partial charge in [-0.15, -0.1) is 6.58 Å². The van der Waals surface area contributed by atoms with Gasteiger partial charge in [0, 0.05) is 16.3 Å². The molecule has 0 aromatic heterocycles. The molecule has 1 heterocycles. The number of benzene rings is 3. The Kier molecular flexibility index (Phi) is 9.11. The van der Waals surface area contributed by atoms with Crippen molar-refractivity contribution in [1.82, 2.24) is 4.90 Å². The van der Waals surface area contributed by atoms with E-state index in [4.69, 9.17) is 21.1 Å². The SMILES string of the molecule is C=CCc1cc(/C=C2\SC(=O)N(CC(=O)Nc3ccccc3C)C2=O)cc(OC)c1OCc1ccc(Cl)cc1. The maximum atomic E-state index is 13.0. The number of carbonyl (C=O) groups excluding carboxylic acids is 3. The Balaban J connectivity index is 1.53. The Morgan fingerprint density at radius 1 is 1.13 bits per heavy atom. The van der Waals surface area contributed by atoms with Gasteiger partial charge in [0.2, 0.25) is 5.91 Å². The number of rotatable bonds is 10. The van der Waals surface area contributed by atoms with Crippen LogP contribution in [0.15, 0.2) is 78.2 Å². The Labute approximate surface area is 236 Å². The monoisotopic (exact) mass is 562 g/mol. The number of thioether (sulfide) groups is 1. The van der Waals surface area contributed by atoms with Crippen molar-refractivity contribution in [2.75, 3.05) is 19.0 Å². The molecular formula is C30H27ClN2O5S. The number of hydrogen-bond acceptors (Lipinski definition) is 6. The number of imide groups is 1. The summed E-state index contributed by atoms with van der Waals surface area (Å²) in [5, 5.41) is 2.89. The van der Waals surface area contributed by atoms with Gasteiger partial charge in [0.1, 0.15) is 13.2 Å². The van der Waals surface area contributed by atoms with Crippen LogP contribution in [-0.4, -0.2) is 35.6 Å². The van der Waals surface area contributed by atoms with Crippen LogP contribution in [-0.2, 0) is 22.6 Å². The number of anilines is 1. The molecular weight excluding hydrogens is 536 g/mol. The number of aryl methyl sites for hydroxylation is 1. The third-order valence-electron chi connectivity index (χ3n) is 5.93. The Hall–Kier alpha value is -4.01. The highest BCUT2D eigenvalue weighted by atomic mass is 35.5. The molecule has 0 aliphatic carbocycles. The number of carbonyl (C=O) groups is 3. The summed E-state index contributed by atoms with van der Waals surface area (Å²) in [5.74, 6) is 0.0547. The molecule has 0 saturated carbocycles. The average molecular weight is 563 g/mol. The van der Waals surface area contributed by atoms with Crippen LogP contribution in [0, 0.1) is 6.92 Å². The quantitative estimate of drug-likeness (QED) is 0.220. The van der Waals surface area contributed by atoms with E-state index >= 15 is 0 Å². The highest BCUT2D eigenvalue weighted by Crippen LogP contribution is 2.37. The molecule has 0 radical (unpaired) electrons. The lowest BCUT2D eigenvalue weighted by Crippen LogP contribution is -2.36. The van der Waals surface area contributed by atoms with E-state index in [9.17, 15) is 14.4 Å². The van der Waals surface area contributed by atoms with Crippen LogP contribution in [0.5, 0.6) is 11.5 Å². The Morgan fingerprint density at radius 3 is 2.56 bits per heavy atom. The van der Waals surface area contributed by atoms with Gasteiger partial charge in [-0.3, -0.25) is 19.3 Å². The lowest BCUT2D eigenvalue weighted by atomic mass is 10.0. The molecule has 0 atom stereocenters. The zero-order valence-electron chi connectivity index (χ0n) is 21.5. The highest BCUT2D eigenvalue weighted by Gasteiger charge is 2.36. The first kappa shape index (κ1) is 28.0. The third kappa shape index (κ3) is 6.90. The van der Waals surface area contributed by atoms with Crippen LogP contribution in [0.25, 0.3) is 6.08 Å². The van der Waals surface area contributed by atoms with Crippen molar-refractivity contribution in [3.63, 3.8) is 0 Å². The minimum atomic E-state index is -0.530. The second-order valence-corrected chi connectivity index (χ2v) is 10.2. The van der Waals surface area contributed by atoms with E-state index in [0.29, 0.717) is 40.8 Å². The van der Waals surface area contributed by atoms with Crippen molar-refractivity contribution in [3.8, 4) is 11.5 Å². The van der Waals surface area contributed by atoms with Crippen molar-refractivity contribution in [1.29, 1.82) is 0 Å². The normalized spacial score (nSPS) is 14.0. The molecule has 3 amide bonds. The predicted molar refractivity (Wildman–Crippen MR) is 155 cm³/mol. The van der Waals surface area contributed by atoms with Crippen molar-refractivity contribution in [2.24, 2.45) is 0 Å². The van der Waals surface area contributed by atoms with Gasteiger partial charge >= 0.3 is 0 Å². The summed E-state index contributed by atoms with van der Waals surface area (Å²) in [5.41, 5.74) is 3.91.